The van der Waals surface area contributed by atoms with E-state index in [-0.39, 0.29) is 16.4 Å². The predicted octanol–water partition coefficient (Wildman–Crippen LogP) is 1.60. The topological polar surface area (TPSA) is 84.0 Å². The van der Waals surface area contributed by atoms with Gasteiger partial charge in [-0.05, 0) is 24.3 Å². The fourth-order valence-corrected chi connectivity index (χ4v) is 3.98. The molecule has 1 heterocycles. The quantitative estimate of drug-likeness (QED) is 0.707. The molecule has 1 amide bonds. The van der Waals surface area contributed by atoms with Crippen molar-refractivity contribution in [2.45, 2.75) is 4.90 Å². The molecule has 0 atom stereocenters. The van der Waals surface area contributed by atoms with Gasteiger partial charge in [-0.3, -0.25) is 4.79 Å². The zero-order valence-electron chi connectivity index (χ0n) is 15.6. The second-order valence-corrected chi connectivity index (χ2v) is 8.53. The number of carbonyl (C=O) groups excluding carboxylic acids is 2. The van der Waals surface area contributed by atoms with Crippen molar-refractivity contribution in [1.29, 1.82) is 0 Å². The van der Waals surface area contributed by atoms with Crippen LogP contribution in [0.15, 0.2) is 59.5 Å². The number of esters is 1. The summed E-state index contributed by atoms with van der Waals surface area (Å²) in [4.78, 5) is 28.4. The first-order valence-corrected chi connectivity index (χ1v) is 10.8. The molecule has 0 spiro atoms. The monoisotopic (exact) mass is 402 g/mol. The van der Waals surface area contributed by atoms with E-state index in [0.29, 0.717) is 26.2 Å². The Kier molecular flexibility index (Phi) is 5.99. The summed E-state index contributed by atoms with van der Waals surface area (Å²) in [5, 5.41) is 0. The number of sulfone groups is 1. The molecule has 28 heavy (non-hydrogen) atoms. The number of amides is 1. The summed E-state index contributed by atoms with van der Waals surface area (Å²) in [7, 11) is -3.57. The molecule has 1 fully saturated rings. The van der Waals surface area contributed by atoms with Crippen LogP contribution in [0.5, 0.6) is 0 Å². The van der Waals surface area contributed by atoms with Gasteiger partial charge in [0.05, 0.1) is 10.5 Å². The standard InChI is InChI=1S/C20H22N2O5S/c1-28(25,26)18-10-6-5-9-17(18)20(24)27-15-19(23)22-13-11-21(12-14-22)16-7-3-2-4-8-16/h2-10H,11-15H2,1H3. The van der Waals surface area contributed by atoms with Crippen LogP contribution < -0.4 is 4.90 Å². The van der Waals surface area contributed by atoms with Gasteiger partial charge in [-0.25, -0.2) is 13.2 Å². The van der Waals surface area contributed by atoms with E-state index in [4.69, 9.17) is 4.74 Å². The second-order valence-electron chi connectivity index (χ2n) is 6.55. The Labute approximate surface area is 164 Å². The SMILES string of the molecule is CS(=O)(=O)c1ccccc1C(=O)OCC(=O)N1CCN(c2ccccc2)CC1. The highest BCUT2D eigenvalue weighted by atomic mass is 32.2. The molecule has 1 aliphatic rings. The largest absolute Gasteiger partial charge is 0.452 e. The van der Waals surface area contributed by atoms with E-state index < -0.39 is 22.4 Å². The van der Waals surface area contributed by atoms with Crippen molar-refractivity contribution < 1.29 is 22.7 Å². The van der Waals surface area contributed by atoms with Crippen LogP contribution in [0, 0.1) is 0 Å². The lowest BCUT2D eigenvalue weighted by atomic mass is 10.2. The molecule has 1 aliphatic heterocycles. The Morgan fingerprint density at radius 2 is 1.54 bits per heavy atom. The first-order chi connectivity index (χ1) is 13.4. The molecule has 8 heteroatoms. The molecule has 3 rings (SSSR count). The van der Waals surface area contributed by atoms with Gasteiger partial charge in [-0.1, -0.05) is 30.3 Å². The number of piperazine rings is 1. The van der Waals surface area contributed by atoms with E-state index in [2.05, 4.69) is 4.90 Å². The first-order valence-electron chi connectivity index (χ1n) is 8.90. The van der Waals surface area contributed by atoms with E-state index in [1.54, 1.807) is 11.0 Å². The maximum Gasteiger partial charge on any atom is 0.339 e. The van der Waals surface area contributed by atoms with E-state index in [9.17, 15) is 18.0 Å². The fraction of sp³-hybridized carbons (Fsp3) is 0.300. The van der Waals surface area contributed by atoms with Crippen molar-refractivity contribution in [3.05, 3.63) is 60.2 Å². The highest BCUT2D eigenvalue weighted by molar-refractivity contribution is 7.90. The number of ether oxygens (including phenoxy) is 1. The molecule has 1 saturated heterocycles. The fourth-order valence-electron chi connectivity index (χ4n) is 3.11. The molecule has 0 unspecified atom stereocenters. The van der Waals surface area contributed by atoms with E-state index in [0.717, 1.165) is 11.9 Å². The maximum absolute atomic E-state index is 12.4. The third kappa shape index (κ3) is 4.69. The number of para-hydroxylation sites is 1. The van der Waals surface area contributed by atoms with Crippen LogP contribution in [0.25, 0.3) is 0 Å². The minimum Gasteiger partial charge on any atom is -0.452 e. The van der Waals surface area contributed by atoms with Crippen LogP contribution in [0.3, 0.4) is 0 Å². The average molecular weight is 402 g/mol. The van der Waals surface area contributed by atoms with Crippen LogP contribution in [-0.2, 0) is 19.4 Å². The molecular weight excluding hydrogens is 380 g/mol. The molecule has 7 nitrogen and oxygen atoms in total. The van der Waals surface area contributed by atoms with Crippen LogP contribution in [0.2, 0.25) is 0 Å². The van der Waals surface area contributed by atoms with Gasteiger partial charge in [0.25, 0.3) is 5.91 Å². The van der Waals surface area contributed by atoms with E-state index in [1.807, 2.05) is 30.3 Å². The summed E-state index contributed by atoms with van der Waals surface area (Å²) in [5.74, 6) is -1.12. The molecule has 0 aromatic heterocycles. The zero-order valence-corrected chi connectivity index (χ0v) is 16.4. The lowest BCUT2D eigenvalue weighted by Gasteiger charge is -2.36. The molecule has 0 N–H and O–H groups in total. The van der Waals surface area contributed by atoms with Gasteiger partial charge < -0.3 is 14.5 Å². The molecular formula is C20H22N2O5S. The molecule has 148 valence electrons. The molecule has 2 aromatic rings. The summed E-state index contributed by atoms with van der Waals surface area (Å²) >= 11 is 0. The number of nitrogens with zero attached hydrogens (tertiary/aromatic N) is 2. The summed E-state index contributed by atoms with van der Waals surface area (Å²) in [6, 6.07) is 15.8. The normalized spacial score (nSPS) is 14.6. The summed E-state index contributed by atoms with van der Waals surface area (Å²) in [6.45, 7) is 2.04. The van der Waals surface area contributed by atoms with Crippen molar-refractivity contribution >= 4 is 27.4 Å². The Morgan fingerprint density at radius 1 is 0.929 bits per heavy atom. The summed E-state index contributed by atoms with van der Waals surface area (Å²) < 4.78 is 28.7. The average Bonchev–Trinajstić information content (AvgIpc) is 2.72. The number of hydrogen-bond acceptors (Lipinski definition) is 6. The molecule has 0 radical (unpaired) electrons. The lowest BCUT2D eigenvalue weighted by molar-refractivity contribution is -0.134. The van der Waals surface area contributed by atoms with Gasteiger partial charge in [0, 0.05) is 38.1 Å². The van der Waals surface area contributed by atoms with Crippen molar-refractivity contribution in [3.63, 3.8) is 0 Å². The van der Waals surface area contributed by atoms with Gasteiger partial charge in [0.1, 0.15) is 0 Å². The Balaban J connectivity index is 1.55. The molecule has 2 aromatic carbocycles. The third-order valence-electron chi connectivity index (χ3n) is 4.59. The van der Waals surface area contributed by atoms with Crippen molar-refractivity contribution in [2.75, 3.05) is 43.9 Å². The smallest absolute Gasteiger partial charge is 0.339 e. The molecule has 0 aliphatic carbocycles. The number of hydrogen-bond donors (Lipinski definition) is 0. The summed E-state index contributed by atoms with van der Waals surface area (Å²) in [5.41, 5.74) is 1.05. The lowest BCUT2D eigenvalue weighted by Crippen LogP contribution is -2.49. The van der Waals surface area contributed by atoms with Crippen molar-refractivity contribution in [3.8, 4) is 0 Å². The zero-order chi connectivity index (χ0) is 20.1. The van der Waals surface area contributed by atoms with Gasteiger partial charge in [-0.15, -0.1) is 0 Å². The van der Waals surface area contributed by atoms with Crippen LogP contribution in [-0.4, -0.2) is 64.2 Å². The van der Waals surface area contributed by atoms with Crippen LogP contribution in [0.4, 0.5) is 5.69 Å². The van der Waals surface area contributed by atoms with Gasteiger partial charge in [0.2, 0.25) is 0 Å². The minimum atomic E-state index is -3.57. The van der Waals surface area contributed by atoms with E-state index >= 15 is 0 Å². The van der Waals surface area contributed by atoms with E-state index in [1.165, 1.54) is 18.2 Å². The predicted molar refractivity (Wildman–Crippen MR) is 105 cm³/mol. The number of benzene rings is 2. The second kappa shape index (κ2) is 8.43. The Hall–Kier alpha value is -2.87. The number of anilines is 1. The minimum absolute atomic E-state index is 0.0632. The van der Waals surface area contributed by atoms with Gasteiger partial charge >= 0.3 is 5.97 Å². The highest BCUT2D eigenvalue weighted by Gasteiger charge is 2.24. The Bertz CT molecular complexity index is 952. The first kappa shape index (κ1) is 19.9. The maximum atomic E-state index is 12.4. The Morgan fingerprint density at radius 3 is 2.18 bits per heavy atom. The van der Waals surface area contributed by atoms with Crippen molar-refractivity contribution in [2.24, 2.45) is 0 Å². The number of carbonyl (C=O) groups is 2. The highest BCUT2D eigenvalue weighted by Crippen LogP contribution is 2.17. The third-order valence-corrected chi connectivity index (χ3v) is 5.74. The van der Waals surface area contributed by atoms with Gasteiger partial charge in [-0.2, -0.15) is 0 Å². The van der Waals surface area contributed by atoms with Crippen molar-refractivity contribution in [1.82, 2.24) is 4.90 Å². The van der Waals surface area contributed by atoms with Crippen LogP contribution in [0.1, 0.15) is 10.4 Å². The molecule has 0 saturated carbocycles. The van der Waals surface area contributed by atoms with Crippen LogP contribution >= 0.6 is 0 Å². The summed E-state index contributed by atoms with van der Waals surface area (Å²) in [6.07, 6.45) is 1.02. The molecule has 0 bridgehead atoms. The number of rotatable bonds is 5. The van der Waals surface area contributed by atoms with Gasteiger partial charge in [0.15, 0.2) is 16.4 Å².